The van der Waals surface area contributed by atoms with Crippen LogP contribution in [0, 0.1) is 0 Å². The maximum atomic E-state index is 11.6. The Morgan fingerprint density at radius 1 is 1.35 bits per heavy atom. The van der Waals surface area contributed by atoms with Crippen molar-refractivity contribution in [2.75, 3.05) is 32.1 Å². The normalized spacial score (nSPS) is 10.5. The first-order valence-electron chi connectivity index (χ1n) is 6.12. The van der Waals surface area contributed by atoms with Gasteiger partial charge < -0.3 is 15.4 Å². The van der Waals surface area contributed by atoms with Crippen molar-refractivity contribution in [2.45, 2.75) is 0 Å². The number of hydrogen-bond acceptors (Lipinski definition) is 5. The van der Waals surface area contributed by atoms with E-state index >= 15 is 0 Å². The van der Waals surface area contributed by atoms with Crippen LogP contribution in [0.5, 0.6) is 0 Å². The van der Waals surface area contributed by atoms with Gasteiger partial charge in [0.25, 0.3) is 0 Å². The quantitative estimate of drug-likeness (QED) is 0.623. The number of methoxy groups -OCH3 is 1. The van der Waals surface area contributed by atoms with E-state index in [0.29, 0.717) is 19.0 Å². The Bertz CT molecular complexity index is 606. The third-order valence-corrected chi connectivity index (χ3v) is 2.79. The summed E-state index contributed by atoms with van der Waals surface area (Å²) in [6.45, 7) is 1.07. The lowest BCUT2D eigenvalue weighted by Gasteiger charge is -2.09. The Morgan fingerprint density at radius 2 is 2.15 bits per heavy atom. The number of hydrogen-bond donors (Lipinski definition) is 2. The maximum absolute atomic E-state index is 11.6. The first-order valence-corrected chi connectivity index (χ1v) is 6.50. The van der Waals surface area contributed by atoms with Crippen molar-refractivity contribution in [1.29, 1.82) is 0 Å². The van der Waals surface area contributed by atoms with Crippen molar-refractivity contribution in [1.82, 2.24) is 15.3 Å². The largest absolute Gasteiger partial charge is 0.383 e. The van der Waals surface area contributed by atoms with Gasteiger partial charge in [-0.05, 0) is 23.7 Å². The molecule has 0 saturated heterocycles. The molecule has 106 valence electrons. The molecule has 6 nitrogen and oxygen atoms in total. The monoisotopic (exact) mass is 294 g/mol. The molecule has 1 heterocycles. The van der Waals surface area contributed by atoms with Gasteiger partial charge in [0.1, 0.15) is 5.82 Å². The highest BCUT2D eigenvalue weighted by Crippen LogP contribution is 2.21. The first kappa shape index (κ1) is 14.5. The molecule has 1 amide bonds. The van der Waals surface area contributed by atoms with E-state index in [1.54, 1.807) is 7.11 Å². The third-order valence-electron chi connectivity index (χ3n) is 2.62. The molecule has 0 radical (unpaired) electrons. The van der Waals surface area contributed by atoms with Gasteiger partial charge in [0.2, 0.25) is 11.2 Å². The molecular weight excluding hydrogens is 280 g/mol. The summed E-state index contributed by atoms with van der Waals surface area (Å²) >= 11 is 5.86. The number of carbonyl (C=O) groups is 1. The summed E-state index contributed by atoms with van der Waals surface area (Å²) in [6.07, 6.45) is 0. The number of anilines is 1. The summed E-state index contributed by atoms with van der Waals surface area (Å²) in [7, 11) is 1.58. The highest BCUT2D eigenvalue weighted by Gasteiger charge is 2.07. The second-order valence-electron chi connectivity index (χ2n) is 4.05. The SMILES string of the molecule is COCCNC(=O)CNc1nc(Cl)nc2ccccc12. The molecule has 1 aromatic heterocycles. The zero-order valence-corrected chi connectivity index (χ0v) is 11.8. The molecule has 0 spiro atoms. The van der Waals surface area contributed by atoms with E-state index in [9.17, 15) is 4.79 Å². The Balaban J connectivity index is 2.04. The molecule has 0 atom stereocenters. The van der Waals surface area contributed by atoms with E-state index in [4.69, 9.17) is 16.3 Å². The van der Waals surface area contributed by atoms with Crippen LogP contribution in [-0.4, -0.2) is 42.7 Å². The summed E-state index contributed by atoms with van der Waals surface area (Å²) in [4.78, 5) is 19.8. The van der Waals surface area contributed by atoms with Gasteiger partial charge in [-0.2, -0.15) is 0 Å². The van der Waals surface area contributed by atoms with Crippen LogP contribution in [-0.2, 0) is 9.53 Å². The molecule has 0 aliphatic heterocycles. The number of fused-ring (bicyclic) bond motifs is 1. The first-order chi connectivity index (χ1) is 9.70. The number of aromatic nitrogens is 2. The molecule has 0 aliphatic carbocycles. The average molecular weight is 295 g/mol. The van der Waals surface area contributed by atoms with Gasteiger partial charge in [-0.3, -0.25) is 4.79 Å². The van der Waals surface area contributed by atoms with Crippen molar-refractivity contribution in [2.24, 2.45) is 0 Å². The summed E-state index contributed by atoms with van der Waals surface area (Å²) in [6, 6.07) is 7.46. The summed E-state index contributed by atoms with van der Waals surface area (Å²) < 4.78 is 4.86. The summed E-state index contributed by atoms with van der Waals surface area (Å²) in [5.74, 6) is 0.406. The van der Waals surface area contributed by atoms with Gasteiger partial charge in [0, 0.05) is 19.0 Å². The van der Waals surface area contributed by atoms with E-state index < -0.39 is 0 Å². The molecule has 0 aliphatic rings. The molecule has 2 N–H and O–H groups in total. The smallest absolute Gasteiger partial charge is 0.239 e. The van der Waals surface area contributed by atoms with Gasteiger partial charge in [-0.15, -0.1) is 0 Å². The lowest BCUT2D eigenvalue weighted by atomic mass is 10.2. The zero-order valence-electron chi connectivity index (χ0n) is 11.0. The number of amides is 1. The number of nitrogens with one attached hydrogen (secondary N) is 2. The van der Waals surface area contributed by atoms with E-state index in [-0.39, 0.29) is 17.7 Å². The molecule has 0 bridgehead atoms. The summed E-state index contributed by atoms with van der Waals surface area (Å²) in [5.41, 5.74) is 0.731. The lowest BCUT2D eigenvalue weighted by molar-refractivity contribution is -0.119. The summed E-state index contributed by atoms with van der Waals surface area (Å²) in [5, 5.41) is 6.65. The minimum absolute atomic E-state index is 0.112. The highest BCUT2D eigenvalue weighted by atomic mass is 35.5. The van der Waals surface area contributed by atoms with Crippen LogP contribution >= 0.6 is 11.6 Å². The lowest BCUT2D eigenvalue weighted by Crippen LogP contribution is -2.32. The predicted octanol–water partition coefficient (Wildman–Crippen LogP) is 1.46. The van der Waals surface area contributed by atoms with Crippen molar-refractivity contribution in [3.63, 3.8) is 0 Å². The Kier molecular flexibility index (Phi) is 5.09. The molecule has 0 unspecified atom stereocenters. The van der Waals surface area contributed by atoms with Crippen molar-refractivity contribution < 1.29 is 9.53 Å². The van der Waals surface area contributed by atoms with Gasteiger partial charge in [0.15, 0.2) is 0 Å². The molecule has 7 heteroatoms. The fourth-order valence-electron chi connectivity index (χ4n) is 1.70. The Labute approximate surface area is 121 Å². The third kappa shape index (κ3) is 3.79. The molecule has 0 saturated carbocycles. The second-order valence-corrected chi connectivity index (χ2v) is 4.39. The Morgan fingerprint density at radius 3 is 2.95 bits per heavy atom. The average Bonchev–Trinajstić information content (AvgIpc) is 2.45. The minimum atomic E-state index is -0.138. The van der Waals surface area contributed by atoms with E-state index in [2.05, 4.69) is 20.6 Å². The number of benzene rings is 1. The van der Waals surface area contributed by atoms with Crippen molar-refractivity contribution >= 4 is 34.2 Å². The number of halogens is 1. The fourth-order valence-corrected chi connectivity index (χ4v) is 1.88. The second kappa shape index (κ2) is 7.02. The number of para-hydroxylation sites is 1. The fraction of sp³-hybridized carbons (Fsp3) is 0.308. The van der Waals surface area contributed by atoms with Crippen LogP contribution in [0.25, 0.3) is 10.9 Å². The molecular formula is C13H15ClN4O2. The van der Waals surface area contributed by atoms with Gasteiger partial charge in [0.05, 0.1) is 18.7 Å². The predicted molar refractivity (Wildman–Crippen MR) is 77.9 cm³/mol. The maximum Gasteiger partial charge on any atom is 0.239 e. The minimum Gasteiger partial charge on any atom is -0.383 e. The highest BCUT2D eigenvalue weighted by molar-refractivity contribution is 6.28. The van der Waals surface area contributed by atoms with Gasteiger partial charge in [-0.25, -0.2) is 9.97 Å². The van der Waals surface area contributed by atoms with Gasteiger partial charge in [-0.1, -0.05) is 12.1 Å². The van der Waals surface area contributed by atoms with E-state index in [1.165, 1.54) is 0 Å². The number of nitrogens with zero attached hydrogens (tertiary/aromatic N) is 2. The van der Waals surface area contributed by atoms with Crippen LogP contribution in [0.15, 0.2) is 24.3 Å². The van der Waals surface area contributed by atoms with Crippen molar-refractivity contribution in [3.8, 4) is 0 Å². The van der Waals surface area contributed by atoms with Gasteiger partial charge >= 0.3 is 0 Å². The number of carbonyl (C=O) groups excluding carboxylic acids is 1. The molecule has 2 rings (SSSR count). The van der Waals surface area contributed by atoms with Crippen molar-refractivity contribution in [3.05, 3.63) is 29.5 Å². The Hall–Kier alpha value is -1.92. The topological polar surface area (TPSA) is 76.1 Å². The number of rotatable bonds is 6. The van der Waals surface area contributed by atoms with E-state index in [0.717, 1.165) is 10.9 Å². The van der Waals surface area contributed by atoms with E-state index in [1.807, 2.05) is 24.3 Å². The molecule has 1 aromatic carbocycles. The molecule has 0 fully saturated rings. The molecule has 2 aromatic rings. The van der Waals surface area contributed by atoms with Crippen LogP contribution < -0.4 is 10.6 Å². The van der Waals surface area contributed by atoms with Crippen LogP contribution in [0.4, 0.5) is 5.82 Å². The van der Waals surface area contributed by atoms with Crippen LogP contribution in [0.3, 0.4) is 0 Å². The standard InChI is InChI=1S/C13H15ClN4O2/c1-20-7-6-15-11(19)8-16-12-9-4-2-3-5-10(9)17-13(14)18-12/h2-5H,6-8H2,1H3,(H,15,19)(H,16,17,18). The zero-order chi connectivity index (χ0) is 14.4. The van der Waals surface area contributed by atoms with Crippen LogP contribution in [0.1, 0.15) is 0 Å². The van der Waals surface area contributed by atoms with Crippen LogP contribution in [0.2, 0.25) is 5.28 Å². The molecule has 20 heavy (non-hydrogen) atoms. The number of ether oxygens (including phenoxy) is 1.